The van der Waals surface area contributed by atoms with Crippen molar-refractivity contribution in [2.24, 2.45) is 0 Å². The number of nitrogens with one attached hydrogen (secondary N) is 1. The Morgan fingerprint density at radius 2 is 2.24 bits per heavy atom. The molecule has 1 aromatic rings. The Kier molecular flexibility index (Phi) is 4.12. The van der Waals surface area contributed by atoms with Crippen LogP contribution in [-0.2, 0) is 22.4 Å². The van der Waals surface area contributed by atoms with E-state index in [1.54, 1.807) is 0 Å². The van der Waals surface area contributed by atoms with E-state index in [0.29, 0.717) is 6.54 Å². The molecule has 0 radical (unpaired) electrons. The number of carbonyl (C=O) groups is 1. The molecule has 7 heteroatoms. The van der Waals surface area contributed by atoms with Gasteiger partial charge in [-0.15, -0.1) is 0 Å². The summed E-state index contributed by atoms with van der Waals surface area (Å²) in [4.78, 5) is 13.2. The number of hydrogen-bond acceptors (Lipinski definition) is 6. The molecule has 3 atom stereocenters. The molecule has 2 saturated heterocycles. The molecule has 3 heterocycles. The summed E-state index contributed by atoms with van der Waals surface area (Å²) >= 11 is 0. The third kappa shape index (κ3) is 3.54. The highest BCUT2D eigenvalue weighted by Gasteiger charge is 2.37. The number of carbonyl (C=O) groups excluding carboxylic acids is 1. The minimum absolute atomic E-state index is 0.0606. The SMILES string of the molecule is CN(C)Cc1cc(C[C@@H]2CC[C@@H]3OC(=O)NC[C@H]3O2)no1. The van der Waals surface area contributed by atoms with Crippen molar-refractivity contribution in [1.29, 1.82) is 0 Å². The van der Waals surface area contributed by atoms with Gasteiger partial charge in [0, 0.05) is 12.5 Å². The van der Waals surface area contributed by atoms with Crippen molar-refractivity contribution in [2.75, 3.05) is 20.6 Å². The molecule has 1 aromatic heterocycles. The second-order valence-corrected chi connectivity index (χ2v) is 5.93. The highest BCUT2D eigenvalue weighted by molar-refractivity contribution is 5.68. The Labute approximate surface area is 123 Å². The average molecular weight is 295 g/mol. The molecule has 2 fully saturated rings. The van der Waals surface area contributed by atoms with Crippen LogP contribution in [-0.4, -0.2) is 55.1 Å². The molecule has 0 spiro atoms. The van der Waals surface area contributed by atoms with Crippen LogP contribution in [0.5, 0.6) is 0 Å². The van der Waals surface area contributed by atoms with Gasteiger partial charge in [0.05, 0.1) is 24.9 Å². The third-order valence-corrected chi connectivity index (χ3v) is 3.78. The predicted octanol–water partition coefficient (Wildman–Crippen LogP) is 0.935. The van der Waals surface area contributed by atoms with Crippen LogP contribution >= 0.6 is 0 Å². The topological polar surface area (TPSA) is 76.8 Å². The van der Waals surface area contributed by atoms with Gasteiger partial charge in [-0.25, -0.2) is 4.79 Å². The lowest BCUT2D eigenvalue weighted by atomic mass is 9.97. The number of fused-ring (bicyclic) bond motifs is 1. The van der Waals surface area contributed by atoms with Gasteiger partial charge in [-0.3, -0.25) is 0 Å². The van der Waals surface area contributed by atoms with E-state index in [1.807, 2.05) is 25.1 Å². The average Bonchev–Trinajstić information content (AvgIpc) is 2.85. The normalized spacial score (nSPS) is 28.9. The maximum atomic E-state index is 11.2. The Balaban J connectivity index is 1.54. The van der Waals surface area contributed by atoms with Gasteiger partial charge in [-0.05, 0) is 26.9 Å². The molecule has 2 aliphatic rings. The second kappa shape index (κ2) is 6.03. The van der Waals surface area contributed by atoms with Crippen LogP contribution in [0.2, 0.25) is 0 Å². The zero-order chi connectivity index (χ0) is 14.8. The summed E-state index contributed by atoms with van der Waals surface area (Å²) in [5.74, 6) is 0.858. The molecule has 3 rings (SSSR count). The van der Waals surface area contributed by atoms with Crippen molar-refractivity contribution < 1.29 is 18.8 Å². The first kappa shape index (κ1) is 14.3. The van der Waals surface area contributed by atoms with Crippen LogP contribution in [0.15, 0.2) is 10.6 Å². The van der Waals surface area contributed by atoms with Crippen molar-refractivity contribution in [2.45, 2.75) is 44.1 Å². The van der Waals surface area contributed by atoms with E-state index in [0.717, 1.165) is 37.3 Å². The molecule has 0 aromatic carbocycles. The number of ether oxygens (including phenoxy) is 2. The summed E-state index contributed by atoms with van der Waals surface area (Å²) in [7, 11) is 3.98. The molecule has 116 valence electrons. The number of amides is 1. The van der Waals surface area contributed by atoms with Crippen molar-refractivity contribution in [3.63, 3.8) is 0 Å². The fourth-order valence-corrected chi connectivity index (χ4v) is 2.84. The Hall–Kier alpha value is -1.60. The maximum Gasteiger partial charge on any atom is 0.407 e. The maximum absolute atomic E-state index is 11.2. The van der Waals surface area contributed by atoms with Crippen LogP contribution in [0.4, 0.5) is 4.79 Å². The lowest BCUT2D eigenvalue weighted by Crippen LogP contribution is -2.53. The smallest absolute Gasteiger partial charge is 0.407 e. The van der Waals surface area contributed by atoms with E-state index in [1.165, 1.54) is 0 Å². The van der Waals surface area contributed by atoms with E-state index in [9.17, 15) is 4.79 Å². The zero-order valence-corrected chi connectivity index (χ0v) is 12.4. The highest BCUT2D eigenvalue weighted by Crippen LogP contribution is 2.26. The third-order valence-electron chi connectivity index (χ3n) is 3.78. The summed E-state index contributed by atoms with van der Waals surface area (Å²) in [6.45, 7) is 1.26. The number of nitrogens with zero attached hydrogens (tertiary/aromatic N) is 2. The Morgan fingerprint density at radius 1 is 1.38 bits per heavy atom. The molecule has 1 amide bonds. The fraction of sp³-hybridized carbons (Fsp3) is 0.714. The largest absolute Gasteiger partial charge is 0.443 e. The molecule has 1 N–H and O–H groups in total. The first-order chi connectivity index (χ1) is 10.1. The molecule has 2 aliphatic heterocycles. The summed E-state index contributed by atoms with van der Waals surface area (Å²) in [5, 5.41) is 6.76. The van der Waals surface area contributed by atoms with Crippen LogP contribution in [0.25, 0.3) is 0 Å². The summed E-state index contributed by atoms with van der Waals surface area (Å²) in [6, 6.07) is 1.98. The lowest BCUT2D eigenvalue weighted by molar-refractivity contribution is -0.129. The molecule has 0 saturated carbocycles. The predicted molar refractivity (Wildman–Crippen MR) is 73.8 cm³/mol. The molecule has 7 nitrogen and oxygen atoms in total. The van der Waals surface area contributed by atoms with Crippen LogP contribution in [0, 0.1) is 0 Å². The van der Waals surface area contributed by atoms with Gasteiger partial charge in [0.1, 0.15) is 12.2 Å². The molecule has 21 heavy (non-hydrogen) atoms. The Bertz CT molecular complexity index is 502. The van der Waals surface area contributed by atoms with E-state index >= 15 is 0 Å². The van der Waals surface area contributed by atoms with Crippen molar-refractivity contribution >= 4 is 6.09 Å². The molecule has 0 bridgehead atoms. The minimum atomic E-state index is -0.344. The van der Waals surface area contributed by atoms with E-state index in [2.05, 4.69) is 10.5 Å². The van der Waals surface area contributed by atoms with Crippen molar-refractivity contribution in [3.05, 3.63) is 17.5 Å². The van der Waals surface area contributed by atoms with Gasteiger partial charge >= 0.3 is 6.09 Å². The van der Waals surface area contributed by atoms with Crippen molar-refractivity contribution in [3.8, 4) is 0 Å². The molecule has 0 unspecified atom stereocenters. The quantitative estimate of drug-likeness (QED) is 0.890. The van der Waals surface area contributed by atoms with Gasteiger partial charge in [0.15, 0.2) is 5.76 Å². The van der Waals surface area contributed by atoms with E-state index in [4.69, 9.17) is 14.0 Å². The monoisotopic (exact) mass is 295 g/mol. The van der Waals surface area contributed by atoms with Gasteiger partial charge in [0.2, 0.25) is 0 Å². The van der Waals surface area contributed by atoms with Gasteiger partial charge in [0.25, 0.3) is 0 Å². The van der Waals surface area contributed by atoms with Crippen molar-refractivity contribution in [1.82, 2.24) is 15.4 Å². The minimum Gasteiger partial charge on any atom is -0.443 e. The summed E-state index contributed by atoms with van der Waals surface area (Å²) in [6.07, 6.45) is 2.01. The van der Waals surface area contributed by atoms with Gasteiger partial charge in [-0.1, -0.05) is 5.16 Å². The lowest BCUT2D eigenvalue weighted by Gasteiger charge is -2.38. The standard InChI is InChI=1S/C14H21N3O4/c1-17(2)8-11-6-9(16-21-11)5-10-3-4-12-13(19-10)7-15-14(18)20-12/h6,10,12-13H,3-5,7-8H2,1-2H3,(H,15,18)/t10-,12-,13+/m0/s1. The summed E-state index contributed by atoms with van der Waals surface area (Å²) in [5.41, 5.74) is 0.913. The number of alkyl carbamates (subject to hydrolysis) is 1. The number of aromatic nitrogens is 1. The molecular formula is C14H21N3O4. The number of hydrogen-bond donors (Lipinski definition) is 1. The van der Waals surface area contributed by atoms with Gasteiger partial charge in [-0.2, -0.15) is 0 Å². The van der Waals surface area contributed by atoms with Crippen LogP contribution < -0.4 is 5.32 Å². The van der Waals surface area contributed by atoms with Gasteiger partial charge < -0.3 is 24.2 Å². The first-order valence-corrected chi connectivity index (χ1v) is 7.29. The van der Waals surface area contributed by atoms with E-state index < -0.39 is 0 Å². The van der Waals surface area contributed by atoms with E-state index in [-0.39, 0.29) is 24.4 Å². The van der Waals surface area contributed by atoms with Crippen LogP contribution in [0.1, 0.15) is 24.3 Å². The first-order valence-electron chi connectivity index (χ1n) is 7.29. The summed E-state index contributed by atoms with van der Waals surface area (Å²) < 4.78 is 16.5. The molecule has 0 aliphatic carbocycles. The molecular weight excluding hydrogens is 274 g/mol. The fourth-order valence-electron chi connectivity index (χ4n) is 2.84. The second-order valence-electron chi connectivity index (χ2n) is 5.93. The zero-order valence-electron chi connectivity index (χ0n) is 12.4. The number of rotatable bonds is 4. The van der Waals surface area contributed by atoms with Crippen LogP contribution in [0.3, 0.4) is 0 Å². The highest BCUT2D eigenvalue weighted by atomic mass is 16.6. The Morgan fingerprint density at radius 3 is 3.05 bits per heavy atom.